The molecule has 0 bridgehead atoms. The van der Waals surface area contributed by atoms with Crippen molar-refractivity contribution < 1.29 is 0 Å². The second kappa shape index (κ2) is 5.54. The highest BCUT2D eigenvalue weighted by Crippen LogP contribution is 2.32. The number of thioether (sulfide) groups is 1. The zero-order valence-electron chi connectivity index (χ0n) is 11.0. The van der Waals surface area contributed by atoms with Crippen LogP contribution in [-0.4, -0.2) is 17.0 Å². The van der Waals surface area contributed by atoms with E-state index in [1.165, 1.54) is 6.42 Å². The van der Waals surface area contributed by atoms with Crippen molar-refractivity contribution in [3.05, 3.63) is 29.3 Å². The molecular weight excluding hydrogens is 264 g/mol. The topological polar surface area (TPSA) is 24.4 Å². The zero-order valence-corrected chi connectivity index (χ0v) is 12.6. The van der Waals surface area contributed by atoms with Crippen LogP contribution in [0.2, 0.25) is 5.02 Å². The van der Waals surface area contributed by atoms with Gasteiger partial charge in [-0.15, -0.1) is 0 Å². The van der Waals surface area contributed by atoms with Gasteiger partial charge in [0.25, 0.3) is 0 Å². The third kappa shape index (κ3) is 4.21. The molecule has 2 nitrogen and oxygen atoms in total. The predicted octanol–water partition coefficient (Wildman–Crippen LogP) is 4.66. The molecule has 0 radical (unpaired) electrons. The first-order valence-electron chi connectivity index (χ1n) is 6.16. The molecule has 1 aromatic carbocycles. The summed E-state index contributed by atoms with van der Waals surface area (Å²) in [4.78, 5) is 4.55. The van der Waals surface area contributed by atoms with E-state index in [1.807, 2.05) is 36.0 Å². The van der Waals surface area contributed by atoms with Gasteiger partial charge in [0.15, 0.2) is 5.17 Å². The largest absolute Gasteiger partial charge is 0.335 e. The van der Waals surface area contributed by atoms with E-state index in [2.05, 4.69) is 31.1 Å². The number of benzene rings is 1. The summed E-state index contributed by atoms with van der Waals surface area (Å²) >= 11 is 7.70. The molecule has 0 aromatic heterocycles. The average molecular weight is 283 g/mol. The number of amidine groups is 1. The van der Waals surface area contributed by atoms with Gasteiger partial charge in [0.1, 0.15) is 0 Å². The lowest BCUT2D eigenvalue weighted by molar-refractivity contribution is 0.375. The van der Waals surface area contributed by atoms with Gasteiger partial charge in [0.2, 0.25) is 0 Å². The van der Waals surface area contributed by atoms with Crippen LogP contribution >= 0.6 is 23.4 Å². The Kier molecular flexibility index (Phi) is 4.23. The lowest BCUT2D eigenvalue weighted by atomic mass is 9.90. The normalized spacial score (nSPS) is 19.8. The number of aliphatic imine (C=N–C) groups is 1. The predicted molar refractivity (Wildman–Crippen MR) is 82.8 cm³/mol. The lowest BCUT2D eigenvalue weighted by Crippen LogP contribution is -2.16. The molecule has 0 amide bonds. The van der Waals surface area contributed by atoms with Gasteiger partial charge in [-0.2, -0.15) is 0 Å². The average Bonchev–Trinajstić information content (AvgIpc) is 2.66. The number of nitrogens with one attached hydrogen (secondary N) is 1. The molecule has 1 aliphatic heterocycles. The number of nitrogens with zero attached hydrogens (tertiary/aromatic N) is 1. The first-order chi connectivity index (χ1) is 8.42. The van der Waals surface area contributed by atoms with Crippen molar-refractivity contribution >= 4 is 34.2 Å². The van der Waals surface area contributed by atoms with Crippen LogP contribution in [0.1, 0.15) is 27.2 Å². The molecule has 18 heavy (non-hydrogen) atoms. The summed E-state index contributed by atoms with van der Waals surface area (Å²) in [6.07, 6.45) is 1.19. The minimum absolute atomic E-state index is 0.364. The fourth-order valence-corrected chi connectivity index (χ4v) is 3.43. The van der Waals surface area contributed by atoms with Gasteiger partial charge in [0, 0.05) is 16.0 Å². The van der Waals surface area contributed by atoms with E-state index in [0.717, 1.165) is 22.4 Å². The summed E-state index contributed by atoms with van der Waals surface area (Å²) in [7, 11) is 0. The monoisotopic (exact) mass is 282 g/mol. The maximum absolute atomic E-state index is 5.86. The highest BCUT2D eigenvalue weighted by atomic mass is 35.5. The molecule has 1 atom stereocenters. The van der Waals surface area contributed by atoms with Crippen LogP contribution in [0.4, 0.5) is 5.69 Å². The molecular formula is C14H19ClN2S. The minimum Gasteiger partial charge on any atom is -0.335 e. The molecule has 1 heterocycles. The maximum atomic E-state index is 5.86. The first-order valence-corrected chi connectivity index (χ1v) is 7.42. The number of halogens is 1. The second-order valence-electron chi connectivity index (χ2n) is 5.78. The molecule has 1 aromatic rings. The summed E-state index contributed by atoms with van der Waals surface area (Å²) < 4.78 is 0. The van der Waals surface area contributed by atoms with Gasteiger partial charge in [-0.1, -0.05) is 44.1 Å². The highest BCUT2D eigenvalue weighted by molar-refractivity contribution is 8.15. The molecule has 0 fully saturated rings. The summed E-state index contributed by atoms with van der Waals surface area (Å²) in [5, 5.41) is 5.71. The van der Waals surface area contributed by atoms with Crippen molar-refractivity contribution in [2.45, 2.75) is 32.4 Å². The standard InChI is InChI=1S/C14H19ClN2S/c1-14(2,3)8-12-9-16-13(18-12)17-11-6-4-10(15)5-7-11/h4-7,12H,8-9H2,1-3H3,(H,16,17). The molecule has 0 saturated heterocycles. The number of hydrogen-bond donors (Lipinski definition) is 1. The van der Waals surface area contributed by atoms with Gasteiger partial charge in [-0.25, -0.2) is 0 Å². The van der Waals surface area contributed by atoms with E-state index < -0.39 is 0 Å². The van der Waals surface area contributed by atoms with E-state index in [9.17, 15) is 0 Å². The van der Waals surface area contributed by atoms with Crippen molar-refractivity contribution in [1.29, 1.82) is 0 Å². The molecule has 98 valence electrons. The third-order valence-electron chi connectivity index (χ3n) is 2.65. The van der Waals surface area contributed by atoms with E-state index in [0.29, 0.717) is 10.7 Å². The minimum atomic E-state index is 0.364. The molecule has 1 N–H and O–H groups in total. The van der Waals surface area contributed by atoms with Gasteiger partial charge in [-0.05, 0) is 36.1 Å². The van der Waals surface area contributed by atoms with Crippen LogP contribution in [0.3, 0.4) is 0 Å². The molecule has 0 saturated carbocycles. The van der Waals surface area contributed by atoms with Crippen LogP contribution in [0.5, 0.6) is 0 Å². The van der Waals surface area contributed by atoms with Crippen LogP contribution in [0.15, 0.2) is 29.3 Å². The Labute approximate surface area is 118 Å². The van der Waals surface area contributed by atoms with E-state index in [1.54, 1.807) is 0 Å². The fourth-order valence-electron chi connectivity index (χ4n) is 1.93. The Hall–Kier alpha value is -0.670. The summed E-state index contributed by atoms with van der Waals surface area (Å²) in [5.74, 6) is 0. The summed E-state index contributed by atoms with van der Waals surface area (Å²) in [5.41, 5.74) is 1.41. The van der Waals surface area contributed by atoms with Gasteiger partial charge in [0.05, 0.1) is 6.54 Å². The van der Waals surface area contributed by atoms with Gasteiger partial charge < -0.3 is 5.32 Å². The van der Waals surface area contributed by atoms with Crippen molar-refractivity contribution in [2.24, 2.45) is 10.4 Å². The number of anilines is 1. The Balaban J connectivity index is 1.88. The number of rotatable bonds is 2. The van der Waals surface area contributed by atoms with Gasteiger partial charge in [-0.3, -0.25) is 4.99 Å². The first kappa shape index (κ1) is 13.8. The van der Waals surface area contributed by atoms with Crippen LogP contribution in [-0.2, 0) is 0 Å². The van der Waals surface area contributed by atoms with Crippen molar-refractivity contribution in [1.82, 2.24) is 0 Å². The SMILES string of the molecule is CC(C)(C)CC1CN=C(Nc2ccc(Cl)cc2)S1. The lowest BCUT2D eigenvalue weighted by Gasteiger charge is -2.21. The Morgan fingerprint density at radius 3 is 2.61 bits per heavy atom. The molecule has 1 aliphatic rings. The van der Waals surface area contributed by atoms with Crippen molar-refractivity contribution in [2.75, 3.05) is 11.9 Å². The molecule has 0 aliphatic carbocycles. The summed E-state index contributed by atoms with van der Waals surface area (Å²) in [6.45, 7) is 7.74. The fraction of sp³-hybridized carbons (Fsp3) is 0.500. The molecule has 1 unspecified atom stereocenters. The second-order valence-corrected chi connectivity index (χ2v) is 7.51. The zero-order chi connectivity index (χ0) is 13.2. The number of hydrogen-bond acceptors (Lipinski definition) is 3. The maximum Gasteiger partial charge on any atom is 0.161 e. The van der Waals surface area contributed by atoms with E-state index >= 15 is 0 Å². The molecule has 2 rings (SSSR count). The molecule has 4 heteroatoms. The van der Waals surface area contributed by atoms with Crippen LogP contribution in [0, 0.1) is 5.41 Å². The Morgan fingerprint density at radius 1 is 1.33 bits per heavy atom. The van der Waals surface area contributed by atoms with E-state index in [4.69, 9.17) is 11.6 Å². The Morgan fingerprint density at radius 2 is 2.00 bits per heavy atom. The smallest absolute Gasteiger partial charge is 0.161 e. The quantitative estimate of drug-likeness (QED) is 0.853. The van der Waals surface area contributed by atoms with Crippen molar-refractivity contribution in [3.8, 4) is 0 Å². The van der Waals surface area contributed by atoms with E-state index in [-0.39, 0.29) is 0 Å². The third-order valence-corrected chi connectivity index (χ3v) is 4.01. The Bertz CT molecular complexity index is 434. The van der Waals surface area contributed by atoms with Gasteiger partial charge >= 0.3 is 0 Å². The molecule has 0 spiro atoms. The highest BCUT2D eigenvalue weighted by Gasteiger charge is 2.24. The van der Waals surface area contributed by atoms with Crippen LogP contribution in [0.25, 0.3) is 0 Å². The van der Waals surface area contributed by atoms with Crippen LogP contribution < -0.4 is 5.32 Å². The van der Waals surface area contributed by atoms with Crippen molar-refractivity contribution in [3.63, 3.8) is 0 Å². The summed E-state index contributed by atoms with van der Waals surface area (Å²) in [6, 6.07) is 7.72.